The second kappa shape index (κ2) is 20.3. The van der Waals surface area contributed by atoms with Crippen LogP contribution in [0.3, 0.4) is 0 Å². The number of fused-ring (bicyclic) bond motifs is 7. The van der Waals surface area contributed by atoms with E-state index in [-0.39, 0.29) is 35.8 Å². The van der Waals surface area contributed by atoms with Gasteiger partial charge in [0.1, 0.15) is 23.9 Å². The van der Waals surface area contributed by atoms with Crippen molar-refractivity contribution in [1.82, 2.24) is 49.5 Å². The molecule has 0 bridgehead atoms. The van der Waals surface area contributed by atoms with E-state index in [0.29, 0.717) is 41.8 Å². The zero-order valence-electron chi connectivity index (χ0n) is 44.1. The summed E-state index contributed by atoms with van der Waals surface area (Å²) in [7, 11) is 0. The molecule has 3 aromatic carbocycles. The standard InChI is InChI=1S/C59H69BrN10O5S/c1-35-51(76-34-61-35)40-15-13-39(14-16-40)50(62-53(72)48-30-42(71)32-68(48)56(75)52(58(2,3)4)69-33-45(64-65-69)38-11-12-38)55(74)67-27-19-36(20-28-67)31-66-25-21-37(22-26-66)41-17-18-43-47(29-41)70-46-10-8-9-44(60)49(46)54(73)63-57(70)59(43)23-6-5-7-24-59/h8-10,13-18,29,33-34,36-38,42,48,50,52,71H,5-7,11-12,19-28,30-32H2,1-4H3,(H,62,72)/t42-,48+,50-,52-/m1/s1. The van der Waals surface area contributed by atoms with Crippen molar-refractivity contribution in [2.24, 2.45) is 11.3 Å². The number of likely N-dealkylation sites (tertiary alicyclic amines) is 3. The molecular formula is C59H69BrN10O5S. The van der Waals surface area contributed by atoms with Crippen molar-refractivity contribution in [3.63, 3.8) is 0 Å². The number of rotatable bonds is 11. The molecule has 76 heavy (non-hydrogen) atoms. The molecule has 3 aromatic heterocycles. The monoisotopic (exact) mass is 1110 g/mol. The third kappa shape index (κ3) is 9.44. The molecule has 2 aliphatic carbocycles. The number of nitrogens with zero attached hydrogens (tertiary/aromatic N) is 9. The first-order valence-corrected chi connectivity index (χ1v) is 29.4. The topological polar surface area (TPSA) is 172 Å². The normalized spacial score (nSPS) is 22.0. The molecule has 1 spiro atoms. The Bertz CT molecular complexity index is 3250. The number of carbonyl (C=O) groups is 3. The lowest BCUT2D eigenvalue weighted by Gasteiger charge is -2.39. The fourth-order valence-corrected chi connectivity index (χ4v) is 14.9. The Hall–Kier alpha value is -5.62. The molecule has 0 radical (unpaired) electrons. The van der Waals surface area contributed by atoms with Crippen molar-refractivity contribution in [1.29, 1.82) is 0 Å². The first-order chi connectivity index (χ1) is 36.6. The van der Waals surface area contributed by atoms with E-state index < -0.39 is 35.6 Å². The lowest BCUT2D eigenvalue weighted by atomic mass is 9.69. The van der Waals surface area contributed by atoms with Crippen LogP contribution < -0.4 is 10.9 Å². The Morgan fingerprint density at radius 1 is 0.908 bits per heavy atom. The van der Waals surface area contributed by atoms with E-state index in [1.807, 2.05) is 80.7 Å². The zero-order valence-corrected chi connectivity index (χ0v) is 46.5. The van der Waals surface area contributed by atoms with E-state index >= 15 is 0 Å². The van der Waals surface area contributed by atoms with Gasteiger partial charge in [-0.1, -0.05) is 87.7 Å². The third-order valence-electron chi connectivity index (χ3n) is 17.8. The van der Waals surface area contributed by atoms with Crippen LogP contribution in [0.2, 0.25) is 0 Å². The molecule has 398 valence electrons. The third-order valence-corrected chi connectivity index (χ3v) is 19.4. The van der Waals surface area contributed by atoms with Crippen molar-refractivity contribution in [3.05, 3.63) is 121 Å². The maximum Gasteiger partial charge on any atom is 0.281 e. The number of aliphatic hydroxyl groups is 1. The van der Waals surface area contributed by atoms with E-state index in [9.17, 15) is 24.3 Å². The fraction of sp³-hybridized carbons (Fsp3) is 0.525. The average Bonchev–Trinajstić information content (AvgIpc) is 3.68. The summed E-state index contributed by atoms with van der Waals surface area (Å²) in [6.07, 6.45) is 12.5. The van der Waals surface area contributed by atoms with Crippen molar-refractivity contribution in [3.8, 4) is 16.1 Å². The number of nitrogens with one attached hydrogen (secondary N) is 1. The van der Waals surface area contributed by atoms with Crippen LogP contribution in [0.4, 0.5) is 0 Å². The van der Waals surface area contributed by atoms with E-state index in [0.717, 1.165) is 121 Å². The second-order valence-corrected chi connectivity index (χ2v) is 25.6. The van der Waals surface area contributed by atoms with Gasteiger partial charge in [0, 0.05) is 49.2 Å². The van der Waals surface area contributed by atoms with Gasteiger partial charge in [-0.25, -0.2) is 9.67 Å². The van der Waals surface area contributed by atoms with Crippen LogP contribution in [0.1, 0.15) is 156 Å². The van der Waals surface area contributed by atoms with Crippen LogP contribution >= 0.6 is 27.3 Å². The summed E-state index contributed by atoms with van der Waals surface area (Å²) < 4.78 is 4.72. The number of benzene rings is 3. The van der Waals surface area contributed by atoms with Crippen molar-refractivity contribution < 1.29 is 19.5 Å². The highest BCUT2D eigenvalue weighted by Crippen LogP contribution is 2.52. The molecule has 2 saturated carbocycles. The number of halogens is 1. The molecule has 6 aromatic rings. The van der Waals surface area contributed by atoms with Gasteiger partial charge in [0.2, 0.25) is 17.7 Å². The summed E-state index contributed by atoms with van der Waals surface area (Å²) in [5.74, 6) is 1.17. The van der Waals surface area contributed by atoms with Gasteiger partial charge in [0.15, 0.2) is 0 Å². The van der Waals surface area contributed by atoms with Crippen LogP contribution in [0.25, 0.3) is 27.0 Å². The summed E-state index contributed by atoms with van der Waals surface area (Å²) >= 11 is 5.23. The van der Waals surface area contributed by atoms with Gasteiger partial charge in [-0.3, -0.25) is 23.7 Å². The average molecular weight is 1110 g/mol. The molecule has 3 saturated heterocycles. The largest absolute Gasteiger partial charge is 0.391 e. The van der Waals surface area contributed by atoms with Gasteiger partial charge in [0.05, 0.1) is 49.9 Å². The fourth-order valence-electron chi connectivity index (χ4n) is 13.5. The number of hydrogen-bond donors (Lipinski definition) is 2. The number of carbonyl (C=O) groups excluding carboxylic acids is 3. The molecule has 12 rings (SSSR count). The van der Waals surface area contributed by atoms with Gasteiger partial charge >= 0.3 is 0 Å². The van der Waals surface area contributed by atoms with E-state index in [4.69, 9.17) is 4.98 Å². The predicted molar refractivity (Wildman–Crippen MR) is 296 cm³/mol. The van der Waals surface area contributed by atoms with Crippen molar-refractivity contribution in [2.75, 3.05) is 39.3 Å². The minimum atomic E-state index is -0.996. The highest BCUT2D eigenvalue weighted by atomic mass is 79.9. The highest BCUT2D eigenvalue weighted by molar-refractivity contribution is 9.10. The molecule has 15 nitrogen and oxygen atoms in total. The quantitative estimate of drug-likeness (QED) is 0.128. The smallest absolute Gasteiger partial charge is 0.281 e. The maximum absolute atomic E-state index is 14.9. The molecule has 4 aliphatic heterocycles. The lowest BCUT2D eigenvalue weighted by Crippen LogP contribution is -2.53. The molecule has 6 aliphatic rings. The van der Waals surface area contributed by atoms with E-state index in [1.54, 1.807) is 16.0 Å². The Balaban J connectivity index is 0.719. The first-order valence-electron chi connectivity index (χ1n) is 27.7. The summed E-state index contributed by atoms with van der Waals surface area (Å²) in [6.45, 7) is 12.0. The van der Waals surface area contributed by atoms with Gasteiger partial charge in [0.25, 0.3) is 5.56 Å². The molecule has 2 N–H and O–H groups in total. The number of aliphatic hydroxyl groups excluding tert-OH is 1. The van der Waals surface area contributed by atoms with Crippen LogP contribution in [0.15, 0.2) is 81.6 Å². The van der Waals surface area contributed by atoms with Crippen molar-refractivity contribution in [2.45, 2.75) is 146 Å². The molecular weight excluding hydrogens is 1040 g/mol. The number of aromatic nitrogens is 6. The first kappa shape index (κ1) is 51.2. The molecule has 7 heterocycles. The summed E-state index contributed by atoms with van der Waals surface area (Å²) in [5, 5.41) is 23.6. The van der Waals surface area contributed by atoms with E-state index in [2.05, 4.69) is 70.3 Å². The van der Waals surface area contributed by atoms with Gasteiger partial charge in [-0.15, -0.1) is 16.4 Å². The van der Waals surface area contributed by atoms with Crippen LogP contribution in [0, 0.1) is 18.3 Å². The molecule has 4 atom stereocenters. The Morgan fingerprint density at radius 3 is 2.36 bits per heavy atom. The maximum atomic E-state index is 14.9. The molecule has 0 unspecified atom stereocenters. The number of aryl methyl sites for hydroxylation is 1. The number of amides is 3. The Morgan fingerprint density at radius 2 is 1.66 bits per heavy atom. The molecule has 3 amide bonds. The van der Waals surface area contributed by atoms with E-state index in [1.165, 1.54) is 28.1 Å². The minimum Gasteiger partial charge on any atom is -0.391 e. The summed E-state index contributed by atoms with van der Waals surface area (Å²) in [6, 6.07) is 18.2. The van der Waals surface area contributed by atoms with Crippen LogP contribution in [0.5, 0.6) is 0 Å². The number of hydrogen-bond acceptors (Lipinski definition) is 11. The second-order valence-electron chi connectivity index (χ2n) is 23.9. The Kier molecular flexibility index (Phi) is 13.7. The number of β-amino-alcohol motifs (C(OH)–C–C–N with tert-alkyl or cyclic N) is 1. The van der Waals surface area contributed by atoms with Gasteiger partial charge in [-0.2, -0.15) is 4.98 Å². The van der Waals surface area contributed by atoms with Gasteiger partial charge < -0.3 is 25.1 Å². The number of thiazole rings is 1. The molecule has 17 heteroatoms. The summed E-state index contributed by atoms with van der Waals surface area (Å²) in [5.41, 5.74) is 9.07. The zero-order chi connectivity index (χ0) is 52.6. The van der Waals surface area contributed by atoms with Crippen LogP contribution in [-0.4, -0.2) is 118 Å². The predicted octanol–water partition coefficient (Wildman–Crippen LogP) is 9.14. The minimum absolute atomic E-state index is 0.00215. The Labute approximate surface area is 456 Å². The van der Waals surface area contributed by atoms with Crippen molar-refractivity contribution >= 4 is 55.9 Å². The SMILES string of the molecule is Cc1ncsc1-c1ccc([C@@H](NC(=O)[C@@H]2C[C@@H](O)CN2C(=O)[C@@H](n2cc(C3CC3)nn2)C(C)(C)C)C(=O)N2CCC(CN3CCC(c4ccc5c(c4)-n4c(nc(=O)c6c(Br)cccc64)C54CCCCC4)CC3)CC2)cc1. The molecule has 5 fully saturated rings. The lowest BCUT2D eigenvalue weighted by molar-refractivity contribution is -0.145. The van der Waals surface area contributed by atoms with Gasteiger partial charge in [-0.05, 0) is 145 Å². The van der Waals surface area contributed by atoms with Crippen LogP contribution in [-0.2, 0) is 19.8 Å². The highest BCUT2D eigenvalue weighted by Gasteiger charge is 2.48. The number of piperidine rings is 2. The summed E-state index contributed by atoms with van der Waals surface area (Å²) in [4.78, 5) is 74.1.